The molecule has 0 aliphatic carbocycles. The Hall–Kier alpha value is -0.830. The Morgan fingerprint density at radius 1 is 1.64 bits per heavy atom. The molecule has 3 heteroatoms. The first-order valence-electron chi connectivity index (χ1n) is 3.65. The molecule has 0 heterocycles. The van der Waals surface area contributed by atoms with Crippen LogP contribution in [-0.2, 0) is 4.74 Å². The summed E-state index contributed by atoms with van der Waals surface area (Å²) < 4.78 is 5.31. The molecular weight excluding hydrogens is 140 g/mol. The van der Waals surface area contributed by atoms with Gasteiger partial charge in [0.15, 0.2) is 0 Å². The number of rotatable bonds is 4. The molecule has 0 radical (unpaired) electrons. The maximum Gasteiger partial charge on any atom is 0.0749 e. The molecule has 0 aliphatic heterocycles. The first kappa shape index (κ1) is 10.2. The van der Waals surface area contributed by atoms with E-state index in [0.717, 1.165) is 5.57 Å². The predicted molar refractivity (Wildman–Crippen MR) is 47.8 cm³/mol. The third-order valence-electron chi connectivity index (χ3n) is 1.09. The van der Waals surface area contributed by atoms with Crippen molar-refractivity contribution in [3.05, 3.63) is 11.8 Å². The van der Waals surface area contributed by atoms with E-state index in [1.165, 1.54) is 6.20 Å². The summed E-state index contributed by atoms with van der Waals surface area (Å²) in [6, 6.07) is 0. The lowest BCUT2D eigenvalue weighted by molar-refractivity contribution is 0.0999. The maximum atomic E-state index is 5.31. The first-order valence-corrected chi connectivity index (χ1v) is 3.65. The Balaban J connectivity index is 3.72. The number of hydrogen-bond acceptors (Lipinski definition) is 3. The first-order chi connectivity index (χ1) is 5.20. The molecule has 0 unspecified atom stereocenters. The predicted octanol–water partition coefficient (Wildman–Crippen LogP) is 0.955. The van der Waals surface area contributed by atoms with E-state index in [1.807, 2.05) is 13.8 Å². The molecule has 0 saturated carbocycles. The van der Waals surface area contributed by atoms with Crippen LogP contribution in [0.25, 0.3) is 0 Å². The SMILES string of the molecule is CN=C/C(=C\N)COC(C)C. The molecule has 0 rings (SSSR count). The zero-order chi connectivity index (χ0) is 8.69. The van der Waals surface area contributed by atoms with Crippen LogP contribution in [0.1, 0.15) is 13.8 Å². The highest BCUT2D eigenvalue weighted by atomic mass is 16.5. The van der Waals surface area contributed by atoms with Gasteiger partial charge in [-0.05, 0) is 13.8 Å². The highest BCUT2D eigenvalue weighted by molar-refractivity contribution is 5.78. The van der Waals surface area contributed by atoms with Crippen LogP contribution >= 0.6 is 0 Å². The van der Waals surface area contributed by atoms with E-state index in [1.54, 1.807) is 13.3 Å². The summed E-state index contributed by atoms with van der Waals surface area (Å²) in [5, 5.41) is 0. The van der Waals surface area contributed by atoms with Gasteiger partial charge in [-0.1, -0.05) is 0 Å². The van der Waals surface area contributed by atoms with Crippen LogP contribution in [0, 0.1) is 0 Å². The van der Waals surface area contributed by atoms with E-state index in [0.29, 0.717) is 6.61 Å². The molecule has 0 saturated heterocycles. The van der Waals surface area contributed by atoms with Crippen LogP contribution in [0.2, 0.25) is 0 Å². The van der Waals surface area contributed by atoms with Crippen molar-refractivity contribution in [2.24, 2.45) is 10.7 Å². The van der Waals surface area contributed by atoms with Crippen molar-refractivity contribution in [2.45, 2.75) is 20.0 Å². The van der Waals surface area contributed by atoms with Gasteiger partial charge in [0.1, 0.15) is 0 Å². The van der Waals surface area contributed by atoms with Crippen molar-refractivity contribution in [1.82, 2.24) is 0 Å². The standard InChI is InChI=1S/C8H16N2O/c1-7(2)11-6-8(4-9)5-10-3/h4-5,7H,6,9H2,1-3H3/b8-4+,10-5?. The summed E-state index contributed by atoms with van der Waals surface area (Å²) in [4.78, 5) is 3.83. The van der Waals surface area contributed by atoms with Crippen molar-refractivity contribution in [1.29, 1.82) is 0 Å². The molecule has 0 amide bonds. The smallest absolute Gasteiger partial charge is 0.0749 e. The Bertz CT molecular complexity index is 150. The summed E-state index contributed by atoms with van der Waals surface area (Å²) in [5.41, 5.74) is 6.22. The quantitative estimate of drug-likeness (QED) is 0.616. The van der Waals surface area contributed by atoms with Crippen molar-refractivity contribution in [2.75, 3.05) is 13.7 Å². The van der Waals surface area contributed by atoms with Crippen LogP contribution in [0.15, 0.2) is 16.8 Å². The topological polar surface area (TPSA) is 47.6 Å². The lowest BCUT2D eigenvalue weighted by Gasteiger charge is -2.06. The van der Waals surface area contributed by atoms with Crippen LogP contribution in [0.3, 0.4) is 0 Å². The molecule has 2 N–H and O–H groups in total. The minimum absolute atomic E-state index is 0.232. The number of nitrogens with zero attached hydrogens (tertiary/aromatic N) is 1. The number of aliphatic imine (C=N–C) groups is 1. The van der Waals surface area contributed by atoms with E-state index in [-0.39, 0.29) is 6.10 Å². The Morgan fingerprint density at radius 3 is 2.64 bits per heavy atom. The second-order valence-corrected chi connectivity index (χ2v) is 2.49. The zero-order valence-corrected chi connectivity index (χ0v) is 7.37. The summed E-state index contributed by atoms with van der Waals surface area (Å²) >= 11 is 0. The van der Waals surface area contributed by atoms with Crippen molar-refractivity contribution in [3.8, 4) is 0 Å². The monoisotopic (exact) mass is 156 g/mol. The van der Waals surface area contributed by atoms with Gasteiger partial charge in [-0.25, -0.2) is 0 Å². The molecule has 0 bridgehead atoms. The van der Waals surface area contributed by atoms with Crippen LogP contribution in [0.5, 0.6) is 0 Å². The fourth-order valence-corrected chi connectivity index (χ4v) is 0.557. The average Bonchev–Trinajstić information content (AvgIpc) is 1.97. The highest BCUT2D eigenvalue weighted by Gasteiger charge is 1.95. The minimum Gasteiger partial charge on any atom is -0.404 e. The van der Waals surface area contributed by atoms with Gasteiger partial charge in [0.2, 0.25) is 0 Å². The fourth-order valence-electron chi connectivity index (χ4n) is 0.557. The third kappa shape index (κ3) is 5.61. The van der Waals surface area contributed by atoms with Crippen LogP contribution < -0.4 is 5.73 Å². The van der Waals surface area contributed by atoms with E-state index in [9.17, 15) is 0 Å². The summed E-state index contributed by atoms with van der Waals surface area (Å²) in [5.74, 6) is 0. The van der Waals surface area contributed by atoms with Gasteiger partial charge in [0.05, 0.1) is 12.7 Å². The Morgan fingerprint density at radius 2 is 2.27 bits per heavy atom. The highest BCUT2D eigenvalue weighted by Crippen LogP contribution is 1.93. The van der Waals surface area contributed by atoms with E-state index >= 15 is 0 Å². The fraction of sp³-hybridized carbons (Fsp3) is 0.625. The van der Waals surface area contributed by atoms with Gasteiger partial charge in [0.25, 0.3) is 0 Å². The molecule has 0 aromatic heterocycles. The second-order valence-electron chi connectivity index (χ2n) is 2.49. The molecule has 0 spiro atoms. The van der Waals surface area contributed by atoms with Gasteiger partial charge in [-0.2, -0.15) is 0 Å². The number of nitrogens with two attached hydrogens (primary N) is 1. The maximum absolute atomic E-state index is 5.31. The van der Waals surface area contributed by atoms with E-state index < -0.39 is 0 Å². The molecular formula is C8H16N2O. The second kappa shape index (κ2) is 5.92. The Labute approximate surface area is 68.0 Å². The summed E-state index contributed by atoms with van der Waals surface area (Å²) in [7, 11) is 1.71. The molecule has 0 aromatic rings. The van der Waals surface area contributed by atoms with Crippen LogP contribution in [-0.4, -0.2) is 26.0 Å². The van der Waals surface area contributed by atoms with Gasteiger partial charge in [-0.3, -0.25) is 4.99 Å². The largest absolute Gasteiger partial charge is 0.404 e. The molecule has 11 heavy (non-hydrogen) atoms. The molecule has 0 aromatic carbocycles. The van der Waals surface area contributed by atoms with E-state index in [4.69, 9.17) is 10.5 Å². The molecule has 64 valence electrons. The normalized spacial score (nSPS) is 13.3. The van der Waals surface area contributed by atoms with Gasteiger partial charge < -0.3 is 10.5 Å². The molecule has 0 atom stereocenters. The van der Waals surface area contributed by atoms with Crippen LogP contribution in [0.4, 0.5) is 0 Å². The van der Waals surface area contributed by atoms with E-state index in [2.05, 4.69) is 4.99 Å². The lowest BCUT2D eigenvalue weighted by atomic mass is 10.3. The Kier molecular flexibility index (Phi) is 5.47. The molecule has 0 fully saturated rings. The summed E-state index contributed by atoms with van der Waals surface area (Å²) in [6.45, 7) is 4.50. The van der Waals surface area contributed by atoms with Crippen molar-refractivity contribution < 1.29 is 4.74 Å². The summed E-state index contributed by atoms with van der Waals surface area (Å²) in [6.07, 6.45) is 3.44. The molecule has 0 aliphatic rings. The minimum atomic E-state index is 0.232. The third-order valence-corrected chi connectivity index (χ3v) is 1.09. The van der Waals surface area contributed by atoms with Gasteiger partial charge >= 0.3 is 0 Å². The molecule has 3 nitrogen and oxygen atoms in total. The van der Waals surface area contributed by atoms with Gasteiger partial charge in [0, 0.05) is 25.0 Å². The van der Waals surface area contributed by atoms with Crippen molar-refractivity contribution >= 4 is 6.21 Å². The lowest BCUT2D eigenvalue weighted by Crippen LogP contribution is -2.07. The number of ether oxygens (including phenoxy) is 1. The number of hydrogen-bond donors (Lipinski definition) is 1. The van der Waals surface area contributed by atoms with Crippen molar-refractivity contribution in [3.63, 3.8) is 0 Å². The van der Waals surface area contributed by atoms with Gasteiger partial charge in [-0.15, -0.1) is 0 Å². The average molecular weight is 156 g/mol. The zero-order valence-electron chi connectivity index (χ0n) is 7.37.